The lowest BCUT2D eigenvalue weighted by Crippen LogP contribution is -2.39. The summed E-state index contributed by atoms with van der Waals surface area (Å²) in [6, 6.07) is 17.9. The SMILES string of the molecule is CC[C@H](Oc1ccccc1)C(=O)NCCSCc1ccccc1C. The Morgan fingerprint density at radius 3 is 2.54 bits per heavy atom. The zero-order valence-corrected chi connectivity index (χ0v) is 15.1. The van der Waals surface area contributed by atoms with E-state index in [1.54, 1.807) is 0 Å². The second-order valence-corrected chi connectivity index (χ2v) is 6.70. The Labute approximate surface area is 148 Å². The molecular formula is C20H25NO2S. The van der Waals surface area contributed by atoms with Gasteiger partial charge in [0.05, 0.1) is 0 Å². The second-order valence-electron chi connectivity index (χ2n) is 5.60. The average Bonchev–Trinajstić information content (AvgIpc) is 2.61. The highest BCUT2D eigenvalue weighted by molar-refractivity contribution is 7.98. The fourth-order valence-electron chi connectivity index (χ4n) is 2.30. The number of nitrogens with one attached hydrogen (secondary N) is 1. The Morgan fingerprint density at radius 2 is 1.83 bits per heavy atom. The number of carbonyl (C=O) groups excluding carboxylic acids is 1. The Hall–Kier alpha value is -1.94. The van der Waals surface area contributed by atoms with Crippen LogP contribution in [0.5, 0.6) is 5.75 Å². The maximum atomic E-state index is 12.2. The van der Waals surface area contributed by atoms with Gasteiger partial charge in [-0.05, 0) is 36.6 Å². The van der Waals surface area contributed by atoms with Crippen molar-refractivity contribution in [2.24, 2.45) is 0 Å². The van der Waals surface area contributed by atoms with E-state index in [4.69, 9.17) is 4.74 Å². The molecule has 2 rings (SSSR count). The first-order valence-corrected chi connectivity index (χ1v) is 9.48. The van der Waals surface area contributed by atoms with Gasteiger partial charge >= 0.3 is 0 Å². The molecule has 1 atom stereocenters. The Kier molecular flexibility index (Phi) is 7.69. The first kappa shape index (κ1) is 18.4. The molecule has 4 heteroatoms. The van der Waals surface area contributed by atoms with Gasteiger partial charge in [0.1, 0.15) is 5.75 Å². The summed E-state index contributed by atoms with van der Waals surface area (Å²) in [5, 5.41) is 2.97. The summed E-state index contributed by atoms with van der Waals surface area (Å²) >= 11 is 1.83. The molecule has 128 valence electrons. The van der Waals surface area contributed by atoms with Crippen LogP contribution < -0.4 is 10.1 Å². The molecule has 2 aromatic carbocycles. The summed E-state index contributed by atoms with van der Waals surface area (Å²) in [6.45, 7) is 4.74. The molecule has 0 heterocycles. The summed E-state index contributed by atoms with van der Waals surface area (Å²) in [7, 11) is 0. The third kappa shape index (κ3) is 5.93. The zero-order chi connectivity index (χ0) is 17.2. The fraction of sp³-hybridized carbons (Fsp3) is 0.350. The number of ether oxygens (including phenoxy) is 1. The van der Waals surface area contributed by atoms with E-state index in [-0.39, 0.29) is 5.91 Å². The predicted molar refractivity (Wildman–Crippen MR) is 101 cm³/mol. The summed E-state index contributed by atoms with van der Waals surface area (Å²) in [5.41, 5.74) is 2.67. The van der Waals surface area contributed by atoms with Crippen LogP contribution in [0.15, 0.2) is 54.6 Å². The third-order valence-electron chi connectivity index (χ3n) is 3.75. The minimum absolute atomic E-state index is 0.0437. The van der Waals surface area contributed by atoms with Crippen LogP contribution in [0, 0.1) is 6.92 Å². The van der Waals surface area contributed by atoms with Crippen molar-refractivity contribution in [3.05, 3.63) is 65.7 Å². The smallest absolute Gasteiger partial charge is 0.261 e. The predicted octanol–water partition coefficient (Wildman–Crippen LogP) is 4.20. The van der Waals surface area contributed by atoms with Crippen LogP contribution in [0.4, 0.5) is 0 Å². The van der Waals surface area contributed by atoms with Gasteiger partial charge in [0.25, 0.3) is 5.91 Å². The highest BCUT2D eigenvalue weighted by Crippen LogP contribution is 2.15. The van der Waals surface area contributed by atoms with Crippen LogP contribution >= 0.6 is 11.8 Å². The lowest BCUT2D eigenvalue weighted by molar-refractivity contribution is -0.127. The molecule has 0 bridgehead atoms. The fourth-order valence-corrected chi connectivity index (χ4v) is 3.23. The van der Waals surface area contributed by atoms with Crippen molar-refractivity contribution >= 4 is 17.7 Å². The zero-order valence-electron chi connectivity index (χ0n) is 14.3. The van der Waals surface area contributed by atoms with Crippen molar-refractivity contribution < 1.29 is 9.53 Å². The first-order valence-electron chi connectivity index (χ1n) is 8.32. The van der Waals surface area contributed by atoms with Gasteiger partial charge in [-0.2, -0.15) is 11.8 Å². The maximum absolute atomic E-state index is 12.2. The summed E-state index contributed by atoms with van der Waals surface area (Å²) in [4.78, 5) is 12.2. The molecule has 0 fully saturated rings. The van der Waals surface area contributed by atoms with Gasteiger partial charge < -0.3 is 10.1 Å². The van der Waals surface area contributed by atoms with Crippen molar-refractivity contribution in [1.29, 1.82) is 0 Å². The van der Waals surface area contributed by atoms with Gasteiger partial charge in [-0.25, -0.2) is 0 Å². The number of hydrogen-bond donors (Lipinski definition) is 1. The summed E-state index contributed by atoms with van der Waals surface area (Å²) in [5.74, 6) is 2.55. The number of thioether (sulfide) groups is 1. The number of carbonyl (C=O) groups is 1. The van der Waals surface area contributed by atoms with E-state index < -0.39 is 6.10 Å². The van der Waals surface area contributed by atoms with E-state index in [2.05, 4.69) is 36.5 Å². The number of aryl methyl sites for hydroxylation is 1. The lowest BCUT2D eigenvalue weighted by Gasteiger charge is -2.17. The first-order chi connectivity index (χ1) is 11.7. The molecule has 1 N–H and O–H groups in total. The average molecular weight is 343 g/mol. The lowest BCUT2D eigenvalue weighted by atomic mass is 10.1. The van der Waals surface area contributed by atoms with E-state index in [0.29, 0.717) is 13.0 Å². The molecule has 2 aromatic rings. The minimum atomic E-state index is -0.436. The van der Waals surface area contributed by atoms with E-state index in [0.717, 1.165) is 17.3 Å². The highest BCUT2D eigenvalue weighted by atomic mass is 32.2. The summed E-state index contributed by atoms with van der Waals surface area (Å²) < 4.78 is 5.75. The topological polar surface area (TPSA) is 38.3 Å². The quantitative estimate of drug-likeness (QED) is 0.694. The Balaban J connectivity index is 1.69. The molecule has 3 nitrogen and oxygen atoms in total. The molecule has 0 aromatic heterocycles. The highest BCUT2D eigenvalue weighted by Gasteiger charge is 2.17. The van der Waals surface area contributed by atoms with Crippen LogP contribution in [0.3, 0.4) is 0 Å². The molecule has 0 unspecified atom stereocenters. The van der Waals surface area contributed by atoms with Crippen molar-refractivity contribution in [1.82, 2.24) is 5.32 Å². The molecule has 0 aliphatic carbocycles. The molecule has 0 saturated heterocycles. The number of para-hydroxylation sites is 1. The Bertz CT molecular complexity index is 631. The van der Waals surface area contributed by atoms with E-state index in [9.17, 15) is 4.79 Å². The van der Waals surface area contributed by atoms with Crippen molar-refractivity contribution in [3.63, 3.8) is 0 Å². The second kappa shape index (κ2) is 10.0. The van der Waals surface area contributed by atoms with E-state index in [1.807, 2.05) is 49.0 Å². The van der Waals surface area contributed by atoms with Gasteiger partial charge in [-0.1, -0.05) is 49.4 Å². The minimum Gasteiger partial charge on any atom is -0.481 e. The number of benzene rings is 2. The Morgan fingerprint density at radius 1 is 1.12 bits per heavy atom. The molecule has 0 saturated carbocycles. The molecule has 0 aliphatic heterocycles. The van der Waals surface area contributed by atoms with Gasteiger partial charge in [0.2, 0.25) is 0 Å². The molecule has 1 amide bonds. The summed E-state index contributed by atoms with van der Waals surface area (Å²) in [6.07, 6.45) is 0.214. The molecule has 0 radical (unpaired) electrons. The maximum Gasteiger partial charge on any atom is 0.261 e. The van der Waals surface area contributed by atoms with Gasteiger partial charge in [-0.15, -0.1) is 0 Å². The van der Waals surface area contributed by atoms with Gasteiger partial charge in [0.15, 0.2) is 6.10 Å². The van der Waals surface area contributed by atoms with Crippen molar-refractivity contribution in [2.75, 3.05) is 12.3 Å². The van der Waals surface area contributed by atoms with Crippen LogP contribution in [0.2, 0.25) is 0 Å². The van der Waals surface area contributed by atoms with Gasteiger partial charge in [0, 0.05) is 18.1 Å². The largest absolute Gasteiger partial charge is 0.481 e. The number of amides is 1. The van der Waals surface area contributed by atoms with Crippen molar-refractivity contribution in [2.45, 2.75) is 32.1 Å². The molecular weight excluding hydrogens is 318 g/mol. The number of hydrogen-bond acceptors (Lipinski definition) is 3. The molecule has 0 aliphatic rings. The van der Waals surface area contributed by atoms with Crippen LogP contribution in [0.1, 0.15) is 24.5 Å². The van der Waals surface area contributed by atoms with E-state index in [1.165, 1.54) is 11.1 Å². The monoisotopic (exact) mass is 343 g/mol. The number of rotatable bonds is 9. The van der Waals surface area contributed by atoms with Crippen LogP contribution in [0.25, 0.3) is 0 Å². The standard InChI is InChI=1S/C20H25NO2S/c1-3-19(23-18-11-5-4-6-12-18)20(22)21-13-14-24-15-17-10-8-7-9-16(17)2/h4-12,19H,3,13-15H2,1-2H3,(H,21,22)/t19-/m0/s1. The molecule has 24 heavy (non-hydrogen) atoms. The molecule has 0 spiro atoms. The van der Waals surface area contributed by atoms with E-state index >= 15 is 0 Å². The third-order valence-corrected chi connectivity index (χ3v) is 4.76. The van der Waals surface area contributed by atoms with Crippen LogP contribution in [-0.2, 0) is 10.5 Å². The van der Waals surface area contributed by atoms with Crippen LogP contribution in [-0.4, -0.2) is 24.3 Å². The van der Waals surface area contributed by atoms with Crippen molar-refractivity contribution in [3.8, 4) is 5.75 Å². The van der Waals surface area contributed by atoms with Gasteiger partial charge in [-0.3, -0.25) is 4.79 Å². The normalized spacial score (nSPS) is 11.8.